The van der Waals surface area contributed by atoms with Crippen LogP contribution < -0.4 is 0 Å². The summed E-state index contributed by atoms with van der Waals surface area (Å²) < 4.78 is 27.2. The van der Waals surface area contributed by atoms with Gasteiger partial charge in [0.1, 0.15) is 0 Å². The number of ether oxygens (including phenoxy) is 5. The van der Waals surface area contributed by atoms with Crippen LogP contribution in [0, 0.1) is 0 Å². The molecule has 146 valence electrons. The Hall–Kier alpha value is -0.200. The molecule has 24 heavy (non-hydrogen) atoms. The van der Waals surface area contributed by atoms with Crippen LogP contribution in [0.2, 0.25) is 0 Å². The summed E-state index contributed by atoms with van der Waals surface area (Å²) in [6.07, 6.45) is 7.67. The van der Waals surface area contributed by atoms with Gasteiger partial charge >= 0.3 is 0 Å². The lowest BCUT2D eigenvalue weighted by Crippen LogP contribution is -2.05. The molecule has 0 saturated heterocycles. The molecule has 0 aliphatic carbocycles. The molecule has 0 saturated carbocycles. The second-order valence-corrected chi connectivity index (χ2v) is 5.71. The SMILES string of the molecule is CCOCCCOCCCCCCOCCCOCCCOCC. The van der Waals surface area contributed by atoms with Gasteiger partial charge in [-0.3, -0.25) is 0 Å². The topological polar surface area (TPSA) is 46.2 Å². The fourth-order valence-corrected chi connectivity index (χ4v) is 2.15. The smallest absolute Gasteiger partial charge is 0.0488 e. The lowest BCUT2D eigenvalue weighted by atomic mass is 10.2. The fourth-order valence-electron chi connectivity index (χ4n) is 2.15. The molecule has 0 unspecified atom stereocenters. The van der Waals surface area contributed by atoms with E-state index in [0.29, 0.717) is 0 Å². The first-order valence-electron chi connectivity index (χ1n) is 9.80. The molecular weight excluding hydrogens is 308 g/mol. The van der Waals surface area contributed by atoms with Gasteiger partial charge in [-0.25, -0.2) is 0 Å². The molecule has 0 bridgehead atoms. The van der Waals surface area contributed by atoms with Crippen LogP contribution in [0.5, 0.6) is 0 Å². The maximum atomic E-state index is 5.61. The highest BCUT2D eigenvalue weighted by Gasteiger charge is 1.94. The number of hydrogen-bond acceptors (Lipinski definition) is 5. The fraction of sp³-hybridized carbons (Fsp3) is 1.00. The zero-order chi connectivity index (χ0) is 17.6. The minimum atomic E-state index is 0.784. The van der Waals surface area contributed by atoms with Crippen LogP contribution in [-0.2, 0) is 23.7 Å². The van der Waals surface area contributed by atoms with Crippen molar-refractivity contribution in [3.63, 3.8) is 0 Å². The second-order valence-electron chi connectivity index (χ2n) is 5.71. The summed E-state index contributed by atoms with van der Waals surface area (Å²) in [5, 5.41) is 0. The van der Waals surface area contributed by atoms with Gasteiger partial charge in [0.25, 0.3) is 0 Å². The summed E-state index contributed by atoms with van der Waals surface area (Å²) in [6, 6.07) is 0. The van der Waals surface area contributed by atoms with Crippen molar-refractivity contribution in [1.29, 1.82) is 0 Å². The van der Waals surface area contributed by atoms with Gasteiger partial charge in [-0.05, 0) is 46.0 Å². The first kappa shape index (κ1) is 23.8. The molecule has 0 amide bonds. The molecule has 0 aliphatic heterocycles. The number of hydrogen-bond donors (Lipinski definition) is 0. The zero-order valence-electron chi connectivity index (χ0n) is 16.1. The average molecular weight is 349 g/mol. The van der Waals surface area contributed by atoms with E-state index in [1.807, 2.05) is 13.8 Å². The Morgan fingerprint density at radius 3 is 0.958 bits per heavy atom. The minimum Gasteiger partial charge on any atom is -0.382 e. The maximum absolute atomic E-state index is 5.61. The van der Waals surface area contributed by atoms with Crippen molar-refractivity contribution in [2.24, 2.45) is 0 Å². The van der Waals surface area contributed by atoms with E-state index in [1.54, 1.807) is 0 Å². The molecule has 0 radical (unpaired) electrons. The van der Waals surface area contributed by atoms with Gasteiger partial charge < -0.3 is 23.7 Å². The van der Waals surface area contributed by atoms with Gasteiger partial charge in [0.05, 0.1) is 0 Å². The number of rotatable bonds is 21. The van der Waals surface area contributed by atoms with Crippen molar-refractivity contribution in [2.75, 3.05) is 66.1 Å². The number of unbranched alkanes of at least 4 members (excludes halogenated alkanes) is 3. The van der Waals surface area contributed by atoms with Gasteiger partial charge in [-0.15, -0.1) is 0 Å². The molecule has 0 aliphatic rings. The van der Waals surface area contributed by atoms with E-state index in [9.17, 15) is 0 Å². The molecule has 0 aromatic rings. The summed E-state index contributed by atoms with van der Waals surface area (Å²) in [5.74, 6) is 0. The maximum Gasteiger partial charge on any atom is 0.0488 e. The first-order valence-corrected chi connectivity index (χ1v) is 9.80. The predicted molar refractivity (Wildman–Crippen MR) is 97.8 cm³/mol. The van der Waals surface area contributed by atoms with Crippen LogP contribution in [0.15, 0.2) is 0 Å². The largest absolute Gasteiger partial charge is 0.382 e. The van der Waals surface area contributed by atoms with Crippen molar-refractivity contribution in [1.82, 2.24) is 0 Å². The highest BCUT2D eigenvalue weighted by Crippen LogP contribution is 2.01. The van der Waals surface area contributed by atoms with E-state index in [0.717, 1.165) is 98.2 Å². The van der Waals surface area contributed by atoms with Crippen LogP contribution in [-0.4, -0.2) is 66.1 Å². The summed E-state index contributed by atoms with van der Waals surface area (Å²) >= 11 is 0. The third-order valence-electron chi connectivity index (χ3n) is 3.47. The molecule has 0 aromatic heterocycles. The van der Waals surface area contributed by atoms with E-state index in [-0.39, 0.29) is 0 Å². The summed E-state index contributed by atoms with van der Waals surface area (Å²) in [5.41, 5.74) is 0. The summed E-state index contributed by atoms with van der Waals surface area (Å²) in [4.78, 5) is 0. The van der Waals surface area contributed by atoms with E-state index >= 15 is 0 Å². The van der Waals surface area contributed by atoms with Gasteiger partial charge in [-0.1, -0.05) is 12.8 Å². The Bertz CT molecular complexity index is 192. The van der Waals surface area contributed by atoms with Crippen molar-refractivity contribution >= 4 is 0 Å². The Kier molecular flexibility index (Phi) is 22.6. The summed E-state index contributed by atoms with van der Waals surface area (Å²) in [7, 11) is 0. The molecule has 0 fully saturated rings. The standard InChI is InChI=1S/C19H40O5/c1-3-20-14-9-16-22-12-7-5-6-8-13-23-18-11-19-24-17-10-15-21-4-2/h3-19H2,1-2H3. The minimum absolute atomic E-state index is 0.784. The average Bonchev–Trinajstić information content (AvgIpc) is 2.60. The third-order valence-corrected chi connectivity index (χ3v) is 3.47. The van der Waals surface area contributed by atoms with Crippen molar-refractivity contribution < 1.29 is 23.7 Å². The van der Waals surface area contributed by atoms with Crippen molar-refractivity contribution in [3.05, 3.63) is 0 Å². The van der Waals surface area contributed by atoms with E-state index < -0.39 is 0 Å². The lowest BCUT2D eigenvalue weighted by Gasteiger charge is -2.06. The predicted octanol–water partition coefficient (Wildman–Crippen LogP) is 3.84. The van der Waals surface area contributed by atoms with E-state index in [4.69, 9.17) is 23.7 Å². The summed E-state index contributed by atoms with van der Waals surface area (Å²) in [6.45, 7) is 12.1. The van der Waals surface area contributed by atoms with Gasteiger partial charge in [0, 0.05) is 66.1 Å². The third kappa shape index (κ3) is 21.8. The van der Waals surface area contributed by atoms with Gasteiger partial charge in [-0.2, -0.15) is 0 Å². The molecule has 0 spiro atoms. The highest BCUT2D eigenvalue weighted by atomic mass is 16.5. The highest BCUT2D eigenvalue weighted by molar-refractivity contribution is 4.44. The van der Waals surface area contributed by atoms with Crippen molar-refractivity contribution in [3.8, 4) is 0 Å². The van der Waals surface area contributed by atoms with E-state index in [2.05, 4.69) is 0 Å². The molecule has 0 N–H and O–H groups in total. The molecule has 5 heteroatoms. The molecule has 0 aromatic carbocycles. The van der Waals surface area contributed by atoms with Crippen LogP contribution in [0.4, 0.5) is 0 Å². The molecule has 0 rings (SSSR count). The Morgan fingerprint density at radius 2 is 0.625 bits per heavy atom. The first-order chi connectivity index (χ1) is 11.9. The van der Waals surface area contributed by atoms with Crippen LogP contribution in [0.3, 0.4) is 0 Å². The Balaban J connectivity index is 2.93. The second kappa shape index (κ2) is 22.8. The molecule has 0 atom stereocenters. The quantitative estimate of drug-likeness (QED) is 0.295. The van der Waals surface area contributed by atoms with Crippen LogP contribution in [0.1, 0.15) is 58.8 Å². The zero-order valence-corrected chi connectivity index (χ0v) is 16.1. The van der Waals surface area contributed by atoms with Gasteiger partial charge in [0.15, 0.2) is 0 Å². The van der Waals surface area contributed by atoms with Gasteiger partial charge in [0.2, 0.25) is 0 Å². The molecule has 5 nitrogen and oxygen atoms in total. The molecular formula is C19H40O5. The van der Waals surface area contributed by atoms with Crippen molar-refractivity contribution in [2.45, 2.75) is 58.8 Å². The van der Waals surface area contributed by atoms with Crippen LogP contribution >= 0.6 is 0 Å². The van der Waals surface area contributed by atoms with Crippen LogP contribution in [0.25, 0.3) is 0 Å². The Labute approximate surface area is 149 Å². The monoisotopic (exact) mass is 348 g/mol. The Morgan fingerprint density at radius 1 is 0.333 bits per heavy atom. The van der Waals surface area contributed by atoms with E-state index in [1.165, 1.54) is 12.8 Å². The normalized spacial score (nSPS) is 11.2. The lowest BCUT2D eigenvalue weighted by molar-refractivity contribution is 0.0644. The molecule has 0 heterocycles.